The van der Waals surface area contributed by atoms with Gasteiger partial charge in [0.2, 0.25) is 0 Å². The number of hydrogen-bond acceptors (Lipinski definition) is 2. The highest BCUT2D eigenvalue weighted by molar-refractivity contribution is 9.10. The molecule has 1 atom stereocenters. The predicted octanol–water partition coefficient (Wildman–Crippen LogP) is 6.36. The summed E-state index contributed by atoms with van der Waals surface area (Å²) in [7, 11) is 0. The second-order valence-corrected chi connectivity index (χ2v) is 6.37. The molecule has 0 radical (unpaired) electrons. The lowest BCUT2D eigenvalue weighted by Crippen LogP contribution is -2.13. The minimum atomic E-state index is -4.44. The Morgan fingerprint density at radius 2 is 2.00 bits per heavy atom. The fourth-order valence-electron chi connectivity index (χ4n) is 1.80. The van der Waals surface area contributed by atoms with Crippen LogP contribution >= 0.6 is 38.9 Å². The maximum absolute atomic E-state index is 13.0. The first-order valence-corrected chi connectivity index (χ1v) is 7.71. The SMILES string of the molecule is CC(Nc1c(Cl)cccc1C(F)(F)F)c1sccc1Br. The van der Waals surface area contributed by atoms with Crippen molar-refractivity contribution in [3.05, 3.63) is 49.6 Å². The summed E-state index contributed by atoms with van der Waals surface area (Å²) < 4.78 is 39.8. The summed E-state index contributed by atoms with van der Waals surface area (Å²) in [4.78, 5) is 0.915. The van der Waals surface area contributed by atoms with Crippen LogP contribution in [0.5, 0.6) is 0 Å². The van der Waals surface area contributed by atoms with Gasteiger partial charge in [-0.15, -0.1) is 11.3 Å². The normalized spacial score (nSPS) is 13.3. The van der Waals surface area contributed by atoms with Gasteiger partial charge in [-0.05, 0) is 46.4 Å². The number of para-hydroxylation sites is 1. The van der Waals surface area contributed by atoms with Crippen molar-refractivity contribution in [2.75, 3.05) is 5.32 Å². The van der Waals surface area contributed by atoms with Gasteiger partial charge in [0.25, 0.3) is 0 Å². The van der Waals surface area contributed by atoms with Gasteiger partial charge >= 0.3 is 6.18 Å². The van der Waals surface area contributed by atoms with Crippen molar-refractivity contribution in [3.63, 3.8) is 0 Å². The number of nitrogens with one attached hydrogen (secondary N) is 1. The van der Waals surface area contributed by atoms with Crippen LogP contribution in [-0.2, 0) is 6.18 Å². The van der Waals surface area contributed by atoms with Gasteiger partial charge in [0, 0.05) is 9.35 Å². The third-order valence-corrected chi connectivity index (χ3v) is 5.09. The first-order chi connectivity index (χ1) is 9.30. The molecular weight excluding hydrogens is 375 g/mol. The van der Waals surface area contributed by atoms with Gasteiger partial charge in [0.15, 0.2) is 0 Å². The van der Waals surface area contributed by atoms with Crippen molar-refractivity contribution >= 4 is 44.6 Å². The van der Waals surface area contributed by atoms with Crippen molar-refractivity contribution < 1.29 is 13.2 Å². The fraction of sp³-hybridized carbons (Fsp3) is 0.231. The molecule has 1 nitrogen and oxygen atoms in total. The molecule has 1 aromatic carbocycles. The summed E-state index contributed by atoms with van der Waals surface area (Å²) in [6, 6.07) is 5.32. The monoisotopic (exact) mass is 383 g/mol. The van der Waals surface area contributed by atoms with Gasteiger partial charge in [-0.3, -0.25) is 0 Å². The second kappa shape index (κ2) is 5.95. The van der Waals surface area contributed by atoms with Crippen LogP contribution in [0.2, 0.25) is 5.02 Å². The Balaban J connectivity index is 2.36. The third-order valence-electron chi connectivity index (χ3n) is 2.72. The van der Waals surface area contributed by atoms with Crippen LogP contribution in [0.25, 0.3) is 0 Å². The molecule has 108 valence electrons. The zero-order valence-electron chi connectivity index (χ0n) is 10.3. The van der Waals surface area contributed by atoms with Gasteiger partial charge in [-0.2, -0.15) is 13.2 Å². The quantitative estimate of drug-likeness (QED) is 0.649. The van der Waals surface area contributed by atoms with E-state index in [0.717, 1.165) is 15.4 Å². The van der Waals surface area contributed by atoms with Crippen molar-refractivity contribution in [2.45, 2.75) is 19.1 Å². The van der Waals surface area contributed by atoms with E-state index in [1.54, 1.807) is 6.92 Å². The van der Waals surface area contributed by atoms with Crippen LogP contribution in [0.15, 0.2) is 34.1 Å². The highest BCUT2D eigenvalue weighted by Crippen LogP contribution is 2.41. The molecule has 0 bridgehead atoms. The van der Waals surface area contributed by atoms with Crippen LogP contribution in [0.1, 0.15) is 23.4 Å². The van der Waals surface area contributed by atoms with E-state index in [9.17, 15) is 13.2 Å². The van der Waals surface area contributed by atoms with E-state index >= 15 is 0 Å². The van der Waals surface area contributed by atoms with E-state index < -0.39 is 11.7 Å². The average Bonchev–Trinajstić information content (AvgIpc) is 2.76. The average molecular weight is 385 g/mol. The van der Waals surface area contributed by atoms with Crippen LogP contribution in [0, 0.1) is 0 Å². The second-order valence-electron chi connectivity index (χ2n) is 4.16. The maximum atomic E-state index is 13.0. The van der Waals surface area contributed by atoms with Crippen LogP contribution < -0.4 is 5.32 Å². The Hall–Kier alpha value is -0.720. The summed E-state index contributed by atoms with van der Waals surface area (Å²) in [5, 5.41) is 4.78. The van der Waals surface area contributed by atoms with Gasteiger partial charge in [0.05, 0.1) is 22.3 Å². The number of anilines is 1. The summed E-state index contributed by atoms with van der Waals surface area (Å²) in [6.07, 6.45) is -4.44. The zero-order chi connectivity index (χ0) is 14.9. The Labute approximate surface area is 131 Å². The first-order valence-electron chi connectivity index (χ1n) is 5.66. The number of halogens is 5. The topological polar surface area (TPSA) is 12.0 Å². The molecule has 0 aliphatic carbocycles. The number of hydrogen-bond donors (Lipinski definition) is 1. The van der Waals surface area contributed by atoms with Gasteiger partial charge in [-0.1, -0.05) is 17.7 Å². The van der Waals surface area contributed by atoms with E-state index in [1.165, 1.54) is 23.5 Å². The van der Waals surface area contributed by atoms with Gasteiger partial charge in [-0.25, -0.2) is 0 Å². The van der Waals surface area contributed by atoms with E-state index in [2.05, 4.69) is 21.2 Å². The van der Waals surface area contributed by atoms with Crippen molar-refractivity contribution in [1.82, 2.24) is 0 Å². The minimum absolute atomic E-state index is 0.0550. The Bertz CT molecular complexity index is 612. The molecule has 2 rings (SSSR count). The molecule has 1 N–H and O–H groups in total. The molecule has 0 saturated heterocycles. The molecule has 1 aromatic heterocycles. The molecule has 1 heterocycles. The number of benzene rings is 1. The number of rotatable bonds is 3. The molecule has 1 unspecified atom stereocenters. The lowest BCUT2D eigenvalue weighted by atomic mass is 10.1. The van der Waals surface area contributed by atoms with Crippen molar-refractivity contribution in [1.29, 1.82) is 0 Å². The summed E-state index contributed by atoms with van der Waals surface area (Å²) in [6.45, 7) is 1.79. The summed E-state index contributed by atoms with van der Waals surface area (Å²) >= 11 is 10.7. The van der Waals surface area contributed by atoms with Crippen molar-refractivity contribution in [3.8, 4) is 0 Å². The largest absolute Gasteiger partial charge is 0.418 e. The van der Waals surface area contributed by atoms with Gasteiger partial charge in [0.1, 0.15) is 0 Å². The lowest BCUT2D eigenvalue weighted by Gasteiger charge is -2.20. The van der Waals surface area contributed by atoms with Crippen LogP contribution in [-0.4, -0.2) is 0 Å². The third kappa shape index (κ3) is 3.30. The molecular formula is C13H10BrClF3NS. The van der Waals surface area contributed by atoms with E-state index in [4.69, 9.17) is 11.6 Å². The zero-order valence-corrected chi connectivity index (χ0v) is 13.4. The molecule has 0 fully saturated rings. The van der Waals surface area contributed by atoms with E-state index in [0.29, 0.717) is 0 Å². The highest BCUT2D eigenvalue weighted by Gasteiger charge is 2.34. The highest BCUT2D eigenvalue weighted by atomic mass is 79.9. The fourth-order valence-corrected chi connectivity index (χ4v) is 3.76. The molecule has 0 aliphatic heterocycles. The molecule has 2 aromatic rings. The lowest BCUT2D eigenvalue weighted by molar-refractivity contribution is -0.137. The van der Waals surface area contributed by atoms with Crippen LogP contribution in [0.4, 0.5) is 18.9 Å². The van der Waals surface area contributed by atoms with Crippen molar-refractivity contribution in [2.24, 2.45) is 0 Å². The maximum Gasteiger partial charge on any atom is 0.418 e. The Morgan fingerprint density at radius 3 is 2.55 bits per heavy atom. The summed E-state index contributed by atoms with van der Waals surface area (Å²) in [5.74, 6) is 0. The molecule has 20 heavy (non-hydrogen) atoms. The minimum Gasteiger partial charge on any atom is -0.376 e. The Morgan fingerprint density at radius 1 is 1.30 bits per heavy atom. The number of alkyl halides is 3. The van der Waals surface area contributed by atoms with Gasteiger partial charge < -0.3 is 5.32 Å². The molecule has 0 aliphatic rings. The van der Waals surface area contributed by atoms with E-state index in [-0.39, 0.29) is 16.8 Å². The molecule has 0 spiro atoms. The smallest absolute Gasteiger partial charge is 0.376 e. The molecule has 0 amide bonds. The predicted molar refractivity (Wildman–Crippen MR) is 80.5 cm³/mol. The Kier molecular flexibility index (Phi) is 4.66. The number of thiophene rings is 1. The molecule has 7 heteroatoms. The standard InChI is InChI=1S/C13H10BrClF3NS/c1-7(12-9(14)5-6-20-12)19-11-8(13(16,17)18)3-2-4-10(11)15/h2-7,19H,1H3. The summed E-state index contributed by atoms with van der Waals surface area (Å²) in [5.41, 5.74) is -0.848. The van der Waals surface area contributed by atoms with Crippen LogP contribution in [0.3, 0.4) is 0 Å². The van der Waals surface area contributed by atoms with E-state index in [1.807, 2.05) is 11.4 Å². The first kappa shape index (κ1) is 15.7. The molecule has 0 saturated carbocycles.